The van der Waals surface area contributed by atoms with E-state index in [2.05, 4.69) is 15.3 Å². The molecule has 0 spiro atoms. The molecule has 25 heavy (non-hydrogen) atoms. The third-order valence-corrected chi connectivity index (χ3v) is 4.83. The molecule has 0 aliphatic carbocycles. The minimum Gasteiger partial charge on any atom is -0.454 e. The van der Waals surface area contributed by atoms with Crippen molar-refractivity contribution >= 4 is 44.0 Å². The quantitative estimate of drug-likeness (QED) is 0.411. The van der Waals surface area contributed by atoms with Gasteiger partial charge in [-0.05, 0) is 47.1 Å². The molecule has 128 valence electrons. The summed E-state index contributed by atoms with van der Waals surface area (Å²) in [5, 5.41) is 14.8. The molecule has 2 aromatic heterocycles. The van der Waals surface area contributed by atoms with Gasteiger partial charge in [-0.25, -0.2) is 9.97 Å². The Kier molecular flexibility index (Phi) is 4.02. The van der Waals surface area contributed by atoms with Gasteiger partial charge in [-0.3, -0.25) is 10.1 Å². The van der Waals surface area contributed by atoms with Crippen molar-refractivity contribution < 1.29 is 14.4 Å². The smallest absolute Gasteiger partial charge is 0.326 e. The van der Waals surface area contributed by atoms with Crippen molar-refractivity contribution in [2.24, 2.45) is 0 Å². The monoisotopic (exact) mass is 378 g/mol. The van der Waals surface area contributed by atoms with Crippen LogP contribution in [-0.4, -0.2) is 28.2 Å². The molecular weight excluding hydrogens is 368 g/mol. The number of halogens is 1. The van der Waals surface area contributed by atoms with Gasteiger partial charge in [0.1, 0.15) is 10.6 Å². The Morgan fingerprint density at radius 1 is 1.28 bits per heavy atom. The van der Waals surface area contributed by atoms with Crippen LogP contribution in [0.15, 0.2) is 24.3 Å². The Balaban J connectivity index is 1.51. The zero-order valence-electron chi connectivity index (χ0n) is 12.7. The molecule has 4 rings (SSSR count). The second kappa shape index (κ2) is 6.34. The molecule has 3 aromatic rings. The van der Waals surface area contributed by atoms with Crippen LogP contribution in [-0.2, 0) is 6.42 Å². The average Bonchev–Trinajstić information content (AvgIpc) is 3.20. The van der Waals surface area contributed by atoms with E-state index in [1.165, 1.54) is 6.07 Å². The highest BCUT2D eigenvalue weighted by molar-refractivity contribution is 7.21. The number of hydrogen-bond donors (Lipinski definition) is 1. The van der Waals surface area contributed by atoms with Gasteiger partial charge in [0.25, 0.3) is 0 Å². The molecule has 8 nitrogen and oxygen atoms in total. The molecule has 3 heterocycles. The van der Waals surface area contributed by atoms with E-state index in [9.17, 15) is 10.1 Å². The predicted octanol–water partition coefficient (Wildman–Crippen LogP) is 3.64. The molecule has 10 heteroatoms. The summed E-state index contributed by atoms with van der Waals surface area (Å²) < 4.78 is 10.6. The summed E-state index contributed by atoms with van der Waals surface area (Å²) in [7, 11) is 0. The lowest BCUT2D eigenvalue weighted by Crippen LogP contribution is -2.07. The standard InChI is InChI=1S/C15H11ClN4O4S/c16-15-18-13(9-6-12(20(21)22)25-14(9)19-15)17-4-3-8-1-2-10-11(5-8)24-7-23-10/h1-2,5-6H,3-4,7H2,(H,17,18,19). The van der Waals surface area contributed by atoms with Gasteiger partial charge in [-0.15, -0.1) is 0 Å². The van der Waals surface area contributed by atoms with Crippen LogP contribution in [0.25, 0.3) is 10.2 Å². The van der Waals surface area contributed by atoms with Gasteiger partial charge < -0.3 is 14.8 Å². The van der Waals surface area contributed by atoms with Gasteiger partial charge in [0.05, 0.1) is 10.3 Å². The van der Waals surface area contributed by atoms with Crippen LogP contribution in [0.2, 0.25) is 5.28 Å². The Morgan fingerprint density at radius 3 is 2.96 bits per heavy atom. The highest BCUT2D eigenvalue weighted by Gasteiger charge is 2.17. The minimum absolute atomic E-state index is 0.00499. The van der Waals surface area contributed by atoms with Crippen molar-refractivity contribution in [3.8, 4) is 11.5 Å². The second-order valence-electron chi connectivity index (χ2n) is 5.27. The summed E-state index contributed by atoms with van der Waals surface area (Å²) in [6, 6.07) is 7.23. The van der Waals surface area contributed by atoms with Gasteiger partial charge >= 0.3 is 5.00 Å². The molecule has 1 aromatic carbocycles. The molecule has 1 aliphatic heterocycles. The number of anilines is 1. The van der Waals surface area contributed by atoms with Crippen molar-refractivity contribution in [3.63, 3.8) is 0 Å². The number of rotatable bonds is 5. The van der Waals surface area contributed by atoms with Crippen LogP contribution in [0.5, 0.6) is 11.5 Å². The summed E-state index contributed by atoms with van der Waals surface area (Å²) in [5.41, 5.74) is 1.07. The van der Waals surface area contributed by atoms with E-state index in [-0.39, 0.29) is 17.1 Å². The van der Waals surface area contributed by atoms with E-state index in [0.717, 1.165) is 28.4 Å². The summed E-state index contributed by atoms with van der Waals surface area (Å²) in [5.74, 6) is 1.96. The van der Waals surface area contributed by atoms with Crippen LogP contribution < -0.4 is 14.8 Å². The Morgan fingerprint density at radius 2 is 2.12 bits per heavy atom. The molecule has 0 radical (unpaired) electrons. The molecule has 0 saturated carbocycles. The molecule has 0 saturated heterocycles. The van der Waals surface area contributed by atoms with Crippen LogP contribution in [0.1, 0.15) is 5.56 Å². The second-order valence-corrected chi connectivity index (χ2v) is 6.61. The molecule has 0 unspecified atom stereocenters. The number of benzene rings is 1. The maximum atomic E-state index is 11.0. The first kappa shape index (κ1) is 15.9. The lowest BCUT2D eigenvalue weighted by atomic mass is 10.1. The number of fused-ring (bicyclic) bond motifs is 2. The van der Waals surface area contributed by atoms with Crippen LogP contribution >= 0.6 is 22.9 Å². The lowest BCUT2D eigenvalue weighted by Gasteiger charge is -2.07. The number of nitro groups is 1. The van der Waals surface area contributed by atoms with Crippen LogP contribution in [0, 0.1) is 10.1 Å². The van der Waals surface area contributed by atoms with E-state index < -0.39 is 4.92 Å². The number of aromatic nitrogens is 2. The highest BCUT2D eigenvalue weighted by atomic mass is 35.5. The fourth-order valence-electron chi connectivity index (χ4n) is 2.53. The molecule has 1 aliphatic rings. The third-order valence-electron chi connectivity index (χ3n) is 3.68. The normalized spacial score (nSPS) is 12.5. The van der Waals surface area contributed by atoms with E-state index >= 15 is 0 Å². The number of nitrogens with zero attached hydrogens (tertiary/aromatic N) is 3. The molecule has 0 atom stereocenters. The topological polar surface area (TPSA) is 99.4 Å². The van der Waals surface area contributed by atoms with Crippen LogP contribution in [0.4, 0.5) is 10.8 Å². The first-order valence-corrected chi connectivity index (χ1v) is 8.53. The molecule has 0 bridgehead atoms. The SMILES string of the molecule is O=[N+]([O-])c1cc2c(NCCc3ccc4c(c3)OCO4)nc(Cl)nc2s1. The van der Waals surface area contributed by atoms with Gasteiger partial charge in [-0.1, -0.05) is 6.07 Å². The highest BCUT2D eigenvalue weighted by Crippen LogP contribution is 2.35. The van der Waals surface area contributed by atoms with E-state index in [1.807, 2.05) is 18.2 Å². The van der Waals surface area contributed by atoms with Gasteiger partial charge in [0.2, 0.25) is 12.1 Å². The number of hydrogen-bond acceptors (Lipinski definition) is 8. The lowest BCUT2D eigenvalue weighted by molar-refractivity contribution is -0.380. The van der Waals surface area contributed by atoms with E-state index in [1.54, 1.807) is 0 Å². The molecule has 1 N–H and O–H groups in total. The first-order chi connectivity index (χ1) is 12.1. The fraction of sp³-hybridized carbons (Fsp3) is 0.200. The molecule has 0 amide bonds. The Labute approximate surface area is 150 Å². The fourth-order valence-corrected chi connectivity index (χ4v) is 3.60. The maximum Gasteiger partial charge on any atom is 0.326 e. The average molecular weight is 379 g/mol. The van der Waals surface area contributed by atoms with Crippen LogP contribution in [0.3, 0.4) is 0 Å². The summed E-state index contributed by atoms with van der Waals surface area (Å²) in [6.07, 6.45) is 0.714. The summed E-state index contributed by atoms with van der Waals surface area (Å²) >= 11 is 6.89. The number of nitrogens with one attached hydrogen (secondary N) is 1. The zero-order chi connectivity index (χ0) is 17.4. The largest absolute Gasteiger partial charge is 0.454 e. The molecular formula is C15H11ClN4O4S. The predicted molar refractivity (Wildman–Crippen MR) is 93.8 cm³/mol. The number of ether oxygens (including phenoxy) is 2. The van der Waals surface area contributed by atoms with E-state index in [0.29, 0.717) is 29.0 Å². The van der Waals surface area contributed by atoms with Crippen molar-refractivity contribution in [3.05, 3.63) is 45.2 Å². The van der Waals surface area contributed by atoms with E-state index in [4.69, 9.17) is 21.1 Å². The Bertz CT molecular complexity index is 978. The zero-order valence-corrected chi connectivity index (χ0v) is 14.3. The van der Waals surface area contributed by atoms with Crippen molar-refractivity contribution in [1.82, 2.24) is 9.97 Å². The molecule has 0 fully saturated rings. The van der Waals surface area contributed by atoms with Gasteiger partial charge in [-0.2, -0.15) is 0 Å². The summed E-state index contributed by atoms with van der Waals surface area (Å²) in [4.78, 5) is 19.2. The first-order valence-electron chi connectivity index (χ1n) is 7.34. The van der Waals surface area contributed by atoms with Gasteiger partial charge in [0, 0.05) is 12.6 Å². The van der Waals surface area contributed by atoms with Crippen molar-refractivity contribution in [1.29, 1.82) is 0 Å². The maximum absolute atomic E-state index is 11.0. The minimum atomic E-state index is -0.448. The third kappa shape index (κ3) is 3.15. The van der Waals surface area contributed by atoms with Gasteiger partial charge in [0.15, 0.2) is 11.5 Å². The van der Waals surface area contributed by atoms with Crippen molar-refractivity contribution in [2.45, 2.75) is 6.42 Å². The Hall–Kier alpha value is -2.65. The van der Waals surface area contributed by atoms with Crippen molar-refractivity contribution in [2.75, 3.05) is 18.7 Å². The number of thiophene rings is 1. The summed E-state index contributed by atoms with van der Waals surface area (Å²) in [6.45, 7) is 0.817.